The van der Waals surface area contributed by atoms with Gasteiger partial charge >= 0.3 is 0 Å². The van der Waals surface area contributed by atoms with E-state index in [0.29, 0.717) is 5.88 Å². The third-order valence-electron chi connectivity index (χ3n) is 2.37. The fourth-order valence-electron chi connectivity index (χ4n) is 1.68. The van der Waals surface area contributed by atoms with Crippen molar-refractivity contribution < 1.29 is 4.43 Å². The van der Waals surface area contributed by atoms with Crippen molar-refractivity contribution in [3.63, 3.8) is 0 Å². The maximum atomic E-state index is 5.99. The van der Waals surface area contributed by atoms with Crippen LogP contribution in [0.2, 0.25) is 39.3 Å². The number of nitrogens with zero attached hydrogens (tertiary/aromatic N) is 4. The first kappa shape index (κ1) is 13.2. The van der Waals surface area contributed by atoms with Gasteiger partial charge in [-0.1, -0.05) is 0 Å². The van der Waals surface area contributed by atoms with Crippen LogP contribution >= 0.6 is 0 Å². The van der Waals surface area contributed by atoms with E-state index < -0.39 is 16.6 Å². The standard InChI is InChI=1S/C11H20N4OSi2/c1-17(2,3)15-10-9(7-14-15)11(13-8-12-10)16-18(4,5)6/h7-8H,1-6H3. The molecule has 0 aliphatic carbocycles. The molecule has 7 heteroatoms. The highest BCUT2D eigenvalue weighted by Gasteiger charge is 2.24. The minimum absolute atomic E-state index is 0.670. The van der Waals surface area contributed by atoms with Crippen LogP contribution in [0, 0.1) is 0 Å². The molecule has 0 atom stereocenters. The van der Waals surface area contributed by atoms with E-state index in [4.69, 9.17) is 4.43 Å². The molecule has 2 heterocycles. The van der Waals surface area contributed by atoms with Crippen molar-refractivity contribution in [3.8, 4) is 5.88 Å². The van der Waals surface area contributed by atoms with Gasteiger partial charge in [0.1, 0.15) is 6.33 Å². The van der Waals surface area contributed by atoms with Crippen molar-refractivity contribution in [1.29, 1.82) is 0 Å². The van der Waals surface area contributed by atoms with Gasteiger partial charge in [0.25, 0.3) is 0 Å². The highest BCUT2D eigenvalue weighted by molar-refractivity contribution is 6.75. The smallest absolute Gasteiger partial charge is 0.244 e. The average molecular weight is 280 g/mol. The van der Waals surface area contributed by atoms with Crippen LogP contribution < -0.4 is 4.43 Å². The molecule has 0 amide bonds. The van der Waals surface area contributed by atoms with Gasteiger partial charge in [0, 0.05) is 0 Å². The van der Waals surface area contributed by atoms with Gasteiger partial charge in [-0.15, -0.1) is 0 Å². The van der Waals surface area contributed by atoms with Crippen molar-refractivity contribution in [2.75, 3.05) is 0 Å². The molecule has 5 nitrogen and oxygen atoms in total. The Morgan fingerprint density at radius 2 is 1.72 bits per heavy atom. The minimum Gasteiger partial charge on any atom is -0.531 e. The van der Waals surface area contributed by atoms with Gasteiger partial charge in [0.15, 0.2) is 13.9 Å². The maximum Gasteiger partial charge on any atom is 0.244 e. The summed E-state index contributed by atoms with van der Waals surface area (Å²) in [6, 6.07) is 0. The summed E-state index contributed by atoms with van der Waals surface area (Å²) in [7, 11) is -3.22. The Bertz CT molecular complexity index is 568. The lowest BCUT2D eigenvalue weighted by Crippen LogP contribution is -2.33. The normalized spacial score (nSPS) is 13.0. The second-order valence-corrected chi connectivity index (χ2v) is 15.6. The molecule has 0 spiro atoms. The molecule has 0 aliphatic heterocycles. The second-order valence-electron chi connectivity index (χ2n) is 6.36. The SMILES string of the molecule is C[Si](C)(C)Oc1ncnc2c1cnn2[Si](C)(C)C. The number of hydrogen-bond acceptors (Lipinski definition) is 4. The number of fused-ring (bicyclic) bond motifs is 1. The van der Waals surface area contributed by atoms with E-state index in [9.17, 15) is 0 Å². The third-order valence-corrected chi connectivity index (χ3v) is 4.77. The zero-order valence-electron chi connectivity index (χ0n) is 11.9. The van der Waals surface area contributed by atoms with E-state index in [-0.39, 0.29) is 0 Å². The zero-order valence-corrected chi connectivity index (χ0v) is 13.9. The van der Waals surface area contributed by atoms with Gasteiger partial charge in [0.2, 0.25) is 14.2 Å². The summed E-state index contributed by atoms with van der Waals surface area (Å²) in [4.78, 5) is 8.61. The quantitative estimate of drug-likeness (QED) is 0.811. The predicted molar refractivity (Wildman–Crippen MR) is 78.0 cm³/mol. The van der Waals surface area contributed by atoms with Crippen LogP contribution in [0.15, 0.2) is 12.5 Å². The lowest BCUT2D eigenvalue weighted by Gasteiger charge is -2.19. The second kappa shape index (κ2) is 4.16. The summed E-state index contributed by atoms with van der Waals surface area (Å²) in [6.45, 7) is 13.1. The largest absolute Gasteiger partial charge is 0.531 e. The molecule has 2 rings (SSSR count). The number of rotatable bonds is 3. The zero-order chi connectivity index (χ0) is 13.6. The van der Waals surface area contributed by atoms with E-state index in [2.05, 4.69) is 54.3 Å². The van der Waals surface area contributed by atoms with Crippen LogP contribution in [-0.2, 0) is 0 Å². The molecule has 0 N–H and O–H groups in total. The Morgan fingerprint density at radius 3 is 2.28 bits per heavy atom. The van der Waals surface area contributed by atoms with Crippen LogP contribution in [0.1, 0.15) is 0 Å². The molecule has 0 saturated heterocycles. The first-order valence-electron chi connectivity index (χ1n) is 6.07. The molecule has 2 aromatic heterocycles. The minimum atomic E-state index is -1.67. The van der Waals surface area contributed by atoms with Gasteiger partial charge in [-0.25, -0.2) is 9.97 Å². The molecule has 0 aromatic carbocycles. The molecule has 0 radical (unpaired) electrons. The fraction of sp³-hybridized carbons (Fsp3) is 0.545. The van der Waals surface area contributed by atoms with Gasteiger partial charge in [0.05, 0.1) is 11.6 Å². The molecule has 0 aliphatic rings. The van der Waals surface area contributed by atoms with Crippen molar-refractivity contribution >= 4 is 27.6 Å². The molecule has 98 valence electrons. The van der Waals surface area contributed by atoms with Gasteiger partial charge in [-0.05, 0) is 39.3 Å². The topological polar surface area (TPSA) is 52.8 Å². The Labute approximate surface area is 109 Å². The van der Waals surface area contributed by atoms with Crippen molar-refractivity contribution in [3.05, 3.63) is 12.5 Å². The van der Waals surface area contributed by atoms with Crippen LogP contribution in [-0.4, -0.2) is 36.0 Å². The van der Waals surface area contributed by atoms with E-state index in [1.54, 1.807) is 6.33 Å². The van der Waals surface area contributed by atoms with Crippen molar-refractivity contribution in [2.45, 2.75) is 39.3 Å². The summed E-state index contributed by atoms with van der Waals surface area (Å²) in [5.74, 6) is 0.670. The monoisotopic (exact) mass is 280 g/mol. The molecular weight excluding hydrogens is 260 g/mol. The lowest BCUT2D eigenvalue weighted by molar-refractivity contribution is 0.540. The van der Waals surface area contributed by atoms with Crippen LogP contribution in [0.25, 0.3) is 11.0 Å². The van der Waals surface area contributed by atoms with Crippen LogP contribution in [0.4, 0.5) is 0 Å². The first-order valence-corrected chi connectivity index (χ1v) is 12.9. The molecule has 0 fully saturated rings. The highest BCUT2D eigenvalue weighted by Crippen LogP contribution is 2.25. The molecule has 0 unspecified atom stereocenters. The van der Waals surface area contributed by atoms with Gasteiger partial charge in [-0.3, -0.25) is 4.35 Å². The summed E-state index contributed by atoms with van der Waals surface area (Å²) < 4.78 is 8.03. The molecule has 0 bridgehead atoms. The Balaban J connectivity index is 2.56. The Morgan fingerprint density at radius 1 is 1.06 bits per heavy atom. The Kier molecular flexibility index (Phi) is 3.06. The van der Waals surface area contributed by atoms with E-state index in [1.807, 2.05) is 10.5 Å². The van der Waals surface area contributed by atoms with E-state index in [1.165, 1.54) is 0 Å². The summed E-state index contributed by atoms with van der Waals surface area (Å²) in [5, 5.41) is 5.39. The maximum absolute atomic E-state index is 5.99. The lowest BCUT2D eigenvalue weighted by atomic mass is 10.4. The highest BCUT2D eigenvalue weighted by atomic mass is 28.4. The third kappa shape index (κ3) is 2.61. The van der Waals surface area contributed by atoms with Gasteiger partial charge < -0.3 is 4.43 Å². The predicted octanol–water partition coefficient (Wildman–Crippen LogP) is 2.72. The Hall–Kier alpha value is -1.22. The van der Waals surface area contributed by atoms with E-state index >= 15 is 0 Å². The van der Waals surface area contributed by atoms with Crippen molar-refractivity contribution in [2.24, 2.45) is 0 Å². The number of hydrogen-bond donors (Lipinski definition) is 0. The van der Waals surface area contributed by atoms with Crippen LogP contribution in [0.5, 0.6) is 5.88 Å². The molecule has 0 saturated carbocycles. The van der Waals surface area contributed by atoms with Crippen LogP contribution in [0.3, 0.4) is 0 Å². The number of aromatic nitrogens is 4. The molecular formula is C11H20N4OSi2. The molecule has 2 aromatic rings. The first-order chi connectivity index (χ1) is 8.18. The fourth-order valence-corrected chi connectivity index (χ4v) is 3.65. The summed E-state index contributed by atoms with van der Waals surface area (Å²) in [6.07, 6.45) is 3.39. The average Bonchev–Trinajstić information content (AvgIpc) is 2.58. The van der Waals surface area contributed by atoms with Gasteiger partial charge in [-0.2, -0.15) is 5.10 Å². The summed E-state index contributed by atoms with van der Waals surface area (Å²) in [5.41, 5.74) is 0.886. The summed E-state index contributed by atoms with van der Waals surface area (Å²) >= 11 is 0. The van der Waals surface area contributed by atoms with Crippen molar-refractivity contribution in [1.82, 2.24) is 19.4 Å². The molecule has 18 heavy (non-hydrogen) atoms. The van der Waals surface area contributed by atoms with E-state index in [0.717, 1.165) is 11.0 Å².